The van der Waals surface area contributed by atoms with Crippen molar-refractivity contribution in [3.05, 3.63) is 0 Å². The van der Waals surface area contributed by atoms with Crippen molar-refractivity contribution in [3.63, 3.8) is 0 Å². The first-order valence-corrected chi connectivity index (χ1v) is 6.63. The molecule has 2 N–H and O–H groups in total. The van der Waals surface area contributed by atoms with Gasteiger partial charge in [0.1, 0.15) is 6.04 Å². The van der Waals surface area contributed by atoms with Gasteiger partial charge in [-0.1, -0.05) is 6.92 Å². The lowest BCUT2D eigenvalue weighted by molar-refractivity contribution is -0.127. The zero-order chi connectivity index (χ0) is 12.1. The van der Waals surface area contributed by atoms with Crippen LogP contribution in [-0.4, -0.2) is 62.3 Å². The van der Waals surface area contributed by atoms with Gasteiger partial charge in [0.25, 0.3) is 0 Å². The van der Waals surface area contributed by atoms with Gasteiger partial charge >= 0.3 is 0 Å². The standard InChI is InChI=1S/C12H23N3O2.2ClH/c1-2-15-6-3-4-10(8-15)14-12(16)11-9-17-7-5-13-11;;/h10-11,13H,2-9H2,1H3,(H,14,16);2*1H. The van der Waals surface area contributed by atoms with E-state index in [9.17, 15) is 4.79 Å². The largest absolute Gasteiger partial charge is 0.378 e. The Morgan fingerprint density at radius 1 is 1.47 bits per heavy atom. The minimum Gasteiger partial charge on any atom is -0.378 e. The number of carbonyl (C=O) groups excluding carboxylic acids is 1. The van der Waals surface area contributed by atoms with Crippen LogP contribution in [0.1, 0.15) is 19.8 Å². The summed E-state index contributed by atoms with van der Waals surface area (Å²) in [5.74, 6) is 0.0904. The third kappa shape index (κ3) is 5.83. The van der Waals surface area contributed by atoms with Crippen LogP contribution in [0, 0.1) is 0 Å². The molecule has 2 heterocycles. The maximum atomic E-state index is 12.0. The fourth-order valence-corrected chi connectivity index (χ4v) is 2.50. The van der Waals surface area contributed by atoms with E-state index in [1.165, 1.54) is 6.42 Å². The number of ether oxygens (including phenoxy) is 1. The molecule has 1 amide bonds. The number of piperidine rings is 1. The van der Waals surface area contributed by atoms with Crippen molar-refractivity contribution in [2.24, 2.45) is 0 Å². The summed E-state index contributed by atoms with van der Waals surface area (Å²) in [5, 5.41) is 6.31. The molecule has 2 aliphatic rings. The second-order valence-electron chi connectivity index (χ2n) is 4.82. The van der Waals surface area contributed by atoms with E-state index in [-0.39, 0.29) is 36.8 Å². The van der Waals surface area contributed by atoms with Crippen LogP contribution in [0.2, 0.25) is 0 Å². The highest BCUT2D eigenvalue weighted by atomic mass is 35.5. The summed E-state index contributed by atoms with van der Waals surface area (Å²) >= 11 is 0. The van der Waals surface area contributed by atoms with Gasteiger partial charge < -0.3 is 20.3 Å². The maximum Gasteiger partial charge on any atom is 0.239 e. The van der Waals surface area contributed by atoms with Gasteiger partial charge in [-0.2, -0.15) is 0 Å². The van der Waals surface area contributed by atoms with Gasteiger partial charge in [-0.3, -0.25) is 4.79 Å². The number of amides is 1. The number of rotatable bonds is 3. The number of likely N-dealkylation sites (tertiary alicyclic amines) is 1. The van der Waals surface area contributed by atoms with E-state index in [0.717, 1.165) is 32.6 Å². The molecular formula is C12H25Cl2N3O2. The highest BCUT2D eigenvalue weighted by molar-refractivity contribution is 5.85. The molecule has 0 aromatic carbocycles. The predicted molar refractivity (Wildman–Crippen MR) is 80.4 cm³/mol. The van der Waals surface area contributed by atoms with Crippen molar-refractivity contribution in [1.82, 2.24) is 15.5 Å². The van der Waals surface area contributed by atoms with Crippen molar-refractivity contribution in [2.75, 3.05) is 39.4 Å². The van der Waals surface area contributed by atoms with Crippen molar-refractivity contribution in [2.45, 2.75) is 31.8 Å². The van der Waals surface area contributed by atoms with Crippen LogP contribution in [0.15, 0.2) is 0 Å². The molecule has 5 nitrogen and oxygen atoms in total. The number of hydrogen-bond donors (Lipinski definition) is 2. The molecule has 19 heavy (non-hydrogen) atoms. The van der Waals surface area contributed by atoms with Crippen LogP contribution in [0.4, 0.5) is 0 Å². The van der Waals surface area contributed by atoms with E-state index in [1.54, 1.807) is 0 Å². The minimum absolute atomic E-state index is 0. The zero-order valence-electron chi connectivity index (χ0n) is 11.4. The van der Waals surface area contributed by atoms with Gasteiger partial charge in [0.2, 0.25) is 5.91 Å². The fourth-order valence-electron chi connectivity index (χ4n) is 2.50. The fraction of sp³-hybridized carbons (Fsp3) is 0.917. The van der Waals surface area contributed by atoms with Gasteiger partial charge in [-0.15, -0.1) is 24.8 Å². The number of morpholine rings is 1. The molecule has 114 valence electrons. The van der Waals surface area contributed by atoms with Gasteiger partial charge in [-0.25, -0.2) is 0 Å². The molecule has 2 rings (SSSR count). The summed E-state index contributed by atoms with van der Waals surface area (Å²) in [6.07, 6.45) is 2.27. The quantitative estimate of drug-likeness (QED) is 0.793. The van der Waals surface area contributed by atoms with Crippen molar-refractivity contribution < 1.29 is 9.53 Å². The van der Waals surface area contributed by atoms with Crippen LogP contribution in [0.3, 0.4) is 0 Å². The Balaban J connectivity index is 0.00000162. The molecule has 2 atom stereocenters. The van der Waals surface area contributed by atoms with Crippen molar-refractivity contribution in [3.8, 4) is 0 Å². The molecule has 7 heteroatoms. The highest BCUT2D eigenvalue weighted by Gasteiger charge is 2.25. The van der Waals surface area contributed by atoms with Gasteiger partial charge in [0, 0.05) is 19.1 Å². The van der Waals surface area contributed by atoms with Gasteiger partial charge in [0.15, 0.2) is 0 Å². The third-order valence-electron chi connectivity index (χ3n) is 3.54. The zero-order valence-corrected chi connectivity index (χ0v) is 13.0. The Hall–Kier alpha value is -0.0700. The summed E-state index contributed by atoms with van der Waals surface area (Å²) < 4.78 is 5.30. The molecule has 2 fully saturated rings. The van der Waals surface area contributed by atoms with E-state index < -0.39 is 0 Å². The Morgan fingerprint density at radius 3 is 2.89 bits per heavy atom. The number of nitrogens with zero attached hydrogens (tertiary/aromatic N) is 1. The number of nitrogens with one attached hydrogen (secondary N) is 2. The van der Waals surface area contributed by atoms with Crippen molar-refractivity contribution in [1.29, 1.82) is 0 Å². The molecule has 0 radical (unpaired) electrons. The molecular weight excluding hydrogens is 289 g/mol. The molecule has 2 saturated heterocycles. The number of halogens is 2. The number of hydrogen-bond acceptors (Lipinski definition) is 4. The lowest BCUT2D eigenvalue weighted by Gasteiger charge is -2.33. The third-order valence-corrected chi connectivity index (χ3v) is 3.54. The van der Waals surface area contributed by atoms with E-state index >= 15 is 0 Å². The second kappa shape index (κ2) is 9.77. The first kappa shape index (κ1) is 18.9. The Kier molecular flexibility index (Phi) is 9.74. The van der Waals surface area contributed by atoms with Crippen LogP contribution < -0.4 is 10.6 Å². The van der Waals surface area contributed by atoms with Crippen LogP contribution in [-0.2, 0) is 9.53 Å². The molecule has 0 aliphatic carbocycles. The lowest BCUT2D eigenvalue weighted by Crippen LogP contribution is -2.56. The smallest absolute Gasteiger partial charge is 0.239 e. The SMILES string of the molecule is CCN1CCCC(NC(=O)C2COCCN2)C1.Cl.Cl. The number of carbonyl (C=O) groups is 1. The van der Waals surface area contributed by atoms with Crippen LogP contribution in [0.5, 0.6) is 0 Å². The van der Waals surface area contributed by atoms with Crippen molar-refractivity contribution >= 4 is 30.7 Å². The van der Waals surface area contributed by atoms with Crippen LogP contribution >= 0.6 is 24.8 Å². The molecule has 2 aliphatic heterocycles. The molecule has 2 unspecified atom stereocenters. The molecule has 0 bridgehead atoms. The van der Waals surface area contributed by atoms with E-state index in [2.05, 4.69) is 22.5 Å². The topological polar surface area (TPSA) is 53.6 Å². The Morgan fingerprint density at radius 2 is 2.26 bits per heavy atom. The van der Waals surface area contributed by atoms with Gasteiger partial charge in [0.05, 0.1) is 13.2 Å². The lowest BCUT2D eigenvalue weighted by atomic mass is 10.1. The normalized spacial score (nSPS) is 27.8. The van der Waals surface area contributed by atoms with E-state index in [4.69, 9.17) is 4.74 Å². The molecule has 0 spiro atoms. The first-order valence-electron chi connectivity index (χ1n) is 6.63. The van der Waals surface area contributed by atoms with Crippen LogP contribution in [0.25, 0.3) is 0 Å². The maximum absolute atomic E-state index is 12.0. The summed E-state index contributed by atoms with van der Waals surface area (Å²) in [6, 6.07) is 0.140. The number of likely N-dealkylation sites (N-methyl/N-ethyl adjacent to an activating group) is 1. The average Bonchev–Trinajstić information content (AvgIpc) is 2.40. The van der Waals surface area contributed by atoms with Gasteiger partial charge in [-0.05, 0) is 25.9 Å². The molecule has 0 saturated carbocycles. The Bertz CT molecular complexity index is 263. The van der Waals surface area contributed by atoms with E-state index in [1.807, 2.05) is 0 Å². The highest BCUT2D eigenvalue weighted by Crippen LogP contribution is 2.09. The summed E-state index contributed by atoms with van der Waals surface area (Å²) in [7, 11) is 0. The minimum atomic E-state index is -0.166. The first-order chi connectivity index (χ1) is 8.29. The average molecular weight is 314 g/mol. The summed E-state index contributed by atoms with van der Waals surface area (Å²) in [5.41, 5.74) is 0. The summed E-state index contributed by atoms with van der Waals surface area (Å²) in [6.45, 7) is 7.35. The second-order valence-corrected chi connectivity index (χ2v) is 4.82. The monoisotopic (exact) mass is 313 g/mol. The van der Waals surface area contributed by atoms with E-state index in [0.29, 0.717) is 19.3 Å². The molecule has 0 aromatic heterocycles. The predicted octanol–water partition coefficient (Wildman–Crippen LogP) is 0.419. The molecule has 0 aromatic rings. The summed E-state index contributed by atoms with van der Waals surface area (Å²) in [4.78, 5) is 14.4. The Labute approximate surface area is 127 Å².